The molecule has 10 heteroatoms. The van der Waals surface area contributed by atoms with Crippen molar-refractivity contribution in [3.05, 3.63) is 36.5 Å². The lowest BCUT2D eigenvalue weighted by Crippen LogP contribution is -2.29. The fourth-order valence-corrected chi connectivity index (χ4v) is 6.31. The largest absolute Gasteiger partial charge is 0.472 e. The minimum absolute atomic E-state index is 0.0423. The fraction of sp³-hybridized carbons (Fsp3) is 0.805. The zero-order valence-corrected chi connectivity index (χ0v) is 33.5. The van der Waals surface area contributed by atoms with Crippen LogP contribution in [0.2, 0.25) is 0 Å². The van der Waals surface area contributed by atoms with Crippen LogP contribution in [-0.4, -0.2) is 49.3 Å². The van der Waals surface area contributed by atoms with Crippen LogP contribution >= 0.6 is 7.82 Å². The van der Waals surface area contributed by atoms with Gasteiger partial charge in [-0.25, -0.2) is 9.36 Å². The van der Waals surface area contributed by atoms with E-state index in [-0.39, 0.29) is 26.2 Å². The van der Waals surface area contributed by atoms with E-state index in [1.807, 2.05) is 12.2 Å². The first-order valence-electron chi connectivity index (χ1n) is 20.5. The van der Waals surface area contributed by atoms with Gasteiger partial charge >= 0.3 is 19.8 Å². The van der Waals surface area contributed by atoms with Crippen LogP contribution in [0.4, 0.5) is 0 Å². The number of hydrogen-bond acceptors (Lipinski definition) is 8. The summed E-state index contributed by atoms with van der Waals surface area (Å²) >= 11 is 0. The Labute approximate surface area is 312 Å². The molecule has 51 heavy (non-hydrogen) atoms. The molecule has 2 atom stereocenters. The average Bonchev–Trinajstić information content (AvgIpc) is 3.11. The van der Waals surface area contributed by atoms with Gasteiger partial charge in [0.1, 0.15) is 6.61 Å². The first-order valence-corrected chi connectivity index (χ1v) is 22.0. The molecule has 9 nitrogen and oxygen atoms in total. The molecule has 298 valence electrons. The van der Waals surface area contributed by atoms with Gasteiger partial charge in [-0.3, -0.25) is 13.8 Å². The van der Waals surface area contributed by atoms with Crippen LogP contribution in [0.3, 0.4) is 0 Å². The molecule has 0 fully saturated rings. The molecule has 0 aromatic carbocycles. The summed E-state index contributed by atoms with van der Waals surface area (Å²) in [7, 11) is -4.39. The molecule has 3 N–H and O–H groups in total. The van der Waals surface area contributed by atoms with Crippen molar-refractivity contribution in [3.63, 3.8) is 0 Å². The Hall–Kier alpha value is -1.77. The van der Waals surface area contributed by atoms with Crippen LogP contribution in [-0.2, 0) is 32.7 Å². The number of nitrogens with two attached hydrogens (primary N) is 1. The molecule has 1 unspecified atom stereocenters. The highest BCUT2D eigenvalue weighted by atomic mass is 31.2. The number of carbonyl (C=O) groups is 2. The fourth-order valence-electron chi connectivity index (χ4n) is 5.54. The Bertz CT molecular complexity index is 939. The Morgan fingerprint density at radius 3 is 1.63 bits per heavy atom. The molecule has 0 radical (unpaired) electrons. The van der Waals surface area contributed by atoms with Gasteiger partial charge in [0.2, 0.25) is 0 Å². The number of esters is 2. The second-order valence-corrected chi connectivity index (χ2v) is 15.0. The van der Waals surface area contributed by atoms with Crippen LogP contribution in [0.1, 0.15) is 181 Å². The smallest absolute Gasteiger partial charge is 0.458 e. The van der Waals surface area contributed by atoms with E-state index < -0.39 is 32.5 Å². The normalized spacial score (nSPS) is 13.7. The molecule has 0 aliphatic carbocycles. The Balaban J connectivity index is 4.29. The predicted molar refractivity (Wildman–Crippen MR) is 210 cm³/mol. The maximum absolute atomic E-state index is 12.5. The van der Waals surface area contributed by atoms with E-state index in [2.05, 4.69) is 26.0 Å². The van der Waals surface area contributed by atoms with Crippen molar-refractivity contribution >= 4 is 19.8 Å². The summed E-state index contributed by atoms with van der Waals surface area (Å²) in [5, 5.41) is 0. The summed E-state index contributed by atoms with van der Waals surface area (Å²) < 4.78 is 32.5. The number of unbranched alkanes of at least 4 members (excludes halogenated alkanes) is 22. The summed E-state index contributed by atoms with van der Waals surface area (Å²) in [5.41, 5.74) is 5.33. The molecule has 0 rings (SSSR count). The van der Waals surface area contributed by atoms with E-state index in [0.717, 1.165) is 38.5 Å². The molecule has 0 aromatic rings. The van der Waals surface area contributed by atoms with E-state index in [9.17, 15) is 19.0 Å². The summed E-state index contributed by atoms with van der Waals surface area (Å²) in [6.45, 7) is 3.58. The van der Waals surface area contributed by atoms with Crippen molar-refractivity contribution in [2.45, 2.75) is 187 Å². The number of hydrogen-bond donors (Lipinski definition) is 2. The van der Waals surface area contributed by atoms with E-state index in [0.29, 0.717) is 6.42 Å². The van der Waals surface area contributed by atoms with Gasteiger partial charge in [0.15, 0.2) is 6.10 Å². The van der Waals surface area contributed by atoms with Crippen molar-refractivity contribution in [1.82, 2.24) is 0 Å². The quantitative estimate of drug-likeness (QED) is 0.0158. The molecule has 0 amide bonds. The lowest BCUT2D eigenvalue weighted by atomic mass is 10.1. The highest BCUT2D eigenvalue weighted by Crippen LogP contribution is 2.43. The summed E-state index contributed by atoms with van der Waals surface area (Å²) in [5.74, 6) is -1.09. The molecular weight excluding hydrogens is 665 g/mol. The minimum Gasteiger partial charge on any atom is -0.458 e. The van der Waals surface area contributed by atoms with Gasteiger partial charge in [0.05, 0.1) is 13.2 Å². The minimum atomic E-state index is -4.39. The maximum atomic E-state index is 12.5. The van der Waals surface area contributed by atoms with Crippen molar-refractivity contribution < 1.29 is 37.6 Å². The standard InChI is InChI=1S/C41H76NO8P/c1-3-5-7-9-11-13-15-17-19-21-23-25-27-29-31-33-40(43)47-37-39(38-49-51(45,46)48-36-35-42)50-41(44)34-32-30-28-26-24-22-20-18-16-14-12-10-8-6-4-2/h14,16,27,29,31,33,39H,3-13,15,17-26,28,30,32,34-38,42H2,1-2H3,(H,45,46)/b16-14+,29-27+,33-31+/t39-/m1/s1. The van der Waals surface area contributed by atoms with E-state index in [1.54, 1.807) is 6.08 Å². The second kappa shape index (κ2) is 38.0. The van der Waals surface area contributed by atoms with Crippen LogP contribution in [0, 0.1) is 0 Å². The second-order valence-electron chi connectivity index (χ2n) is 13.6. The number of ether oxygens (including phenoxy) is 2. The first kappa shape index (κ1) is 49.2. The van der Waals surface area contributed by atoms with E-state index in [1.165, 1.54) is 122 Å². The van der Waals surface area contributed by atoms with Crippen LogP contribution in [0.5, 0.6) is 0 Å². The van der Waals surface area contributed by atoms with Crippen LogP contribution in [0.15, 0.2) is 36.5 Å². The molecule has 0 saturated carbocycles. The number of phosphoric ester groups is 1. The Morgan fingerprint density at radius 1 is 0.627 bits per heavy atom. The third-order valence-electron chi connectivity index (χ3n) is 8.60. The summed E-state index contributed by atoms with van der Waals surface area (Å²) in [6.07, 6.45) is 40.9. The van der Waals surface area contributed by atoms with Crippen LogP contribution in [0.25, 0.3) is 0 Å². The molecule has 0 saturated heterocycles. The molecule has 0 bridgehead atoms. The van der Waals surface area contributed by atoms with Gasteiger partial charge in [-0.2, -0.15) is 0 Å². The molecule has 0 heterocycles. The maximum Gasteiger partial charge on any atom is 0.472 e. The number of allylic oxidation sites excluding steroid dienone is 5. The van der Waals surface area contributed by atoms with Gasteiger partial charge in [-0.1, -0.05) is 160 Å². The van der Waals surface area contributed by atoms with Gasteiger partial charge in [0.25, 0.3) is 0 Å². The topological polar surface area (TPSA) is 134 Å². The van der Waals surface area contributed by atoms with Gasteiger partial charge in [0, 0.05) is 19.0 Å². The molecule has 0 aliphatic heterocycles. The van der Waals surface area contributed by atoms with Crippen molar-refractivity contribution in [2.24, 2.45) is 5.73 Å². The van der Waals surface area contributed by atoms with Crippen molar-refractivity contribution in [3.8, 4) is 0 Å². The molecule has 0 aliphatic rings. The van der Waals surface area contributed by atoms with Crippen molar-refractivity contribution in [2.75, 3.05) is 26.4 Å². The highest BCUT2D eigenvalue weighted by molar-refractivity contribution is 7.47. The average molecular weight is 742 g/mol. The first-order chi connectivity index (χ1) is 24.8. The summed E-state index contributed by atoms with van der Waals surface area (Å²) in [4.78, 5) is 34.6. The summed E-state index contributed by atoms with van der Waals surface area (Å²) in [6, 6.07) is 0. The lowest BCUT2D eigenvalue weighted by molar-refractivity contribution is -0.159. The number of rotatable bonds is 38. The van der Waals surface area contributed by atoms with E-state index >= 15 is 0 Å². The third kappa shape index (κ3) is 37.8. The van der Waals surface area contributed by atoms with Gasteiger partial charge in [-0.15, -0.1) is 0 Å². The Kier molecular flexibility index (Phi) is 36.7. The predicted octanol–water partition coefficient (Wildman–Crippen LogP) is 11.4. The van der Waals surface area contributed by atoms with Gasteiger partial charge < -0.3 is 20.1 Å². The monoisotopic (exact) mass is 742 g/mol. The Morgan fingerprint density at radius 2 is 1.10 bits per heavy atom. The molecule has 0 spiro atoms. The number of carbonyl (C=O) groups excluding carboxylic acids is 2. The van der Waals surface area contributed by atoms with E-state index in [4.69, 9.17) is 24.3 Å². The lowest BCUT2D eigenvalue weighted by Gasteiger charge is -2.19. The molecular formula is C41H76NO8P. The molecule has 0 aromatic heterocycles. The zero-order valence-electron chi connectivity index (χ0n) is 32.6. The SMILES string of the molecule is CCCCCC/C=C/CCCCCCCCCC(=O)O[C@H](COC(=O)/C=C/C=C/CCCCCCCCCCCCC)COP(=O)(O)OCCN. The zero-order chi connectivity index (χ0) is 37.5. The van der Waals surface area contributed by atoms with Crippen molar-refractivity contribution in [1.29, 1.82) is 0 Å². The van der Waals surface area contributed by atoms with Crippen LogP contribution < -0.4 is 5.73 Å². The highest BCUT2D eigenvalue weighted by Gasteiger charge is 2.25. The number of phosphoric acid groups is 1. The third-order valence-corrected chi connectivity index (χ3v) is 9.59. The van der Waals surface area contributed by atoms with Gasteiger partial charge in [-0.05, 0) is 44.9 Å².